The number of benzene rings is 1. The average Bonchev–Trinajstić information content (AvgIpc) is 3.04. The van der Waals surface area contributed by atoms with Crippen molar-refractivity contribution >= 4 is 11.5 Å². The fraction of sp³-hybridized carbons (Fsp3) is 0. The van der Waals surface area contributed by atoms with E-state index >= 15 is 0 Å². The Morgan fingerprint density at radius 2 is 1.77 bits per heavy atom. The Balaban J connectivity index is 1.82. The lowest BCUT2D eigenvalue weighted by atomic mass is 10.1. The summed E-state index contributed by atoms with van der Waals surface area (Å²) in [6, 6.07) is 9.53. The number of halogens is 2. The Morgan fingerprint density at radius 3 is 2.69 bits per heavy atom. The van der Waals surface area contributed by atoms with Gasteiger partial charge in [-0.05, 0) is 30.3 Å². The van der Waals surface area contributed by atoms with Crippen molar-refractivity contribution in [2.75, 3.05) is 5.32 Å². The van der Waals surface area contributed by atoms with Crippen LogP contribution in [0.2, 0.25) is 0 Å². The van der Waals surface area contributed by atoms with Gasteiger partial charge in [-0.25, -0.2) is 18.7 Å². The van der Waals surface area contributed by atoms with Crippen LogP contribution in [0.4, 0.5) is 20.3 Å². The first-order valence-corrected chi connectivity index (χ1v) is 7.93. The van der Waals surface area contributed by atoms with Gasteiger partial charge in [0.15, 0.2) is 11.6 Å². The van der Waals surface area contributed by atoms with E-state index in [0.29, 0.717) is 17.2 Å². The van der Waals surface area contributed by atoms with Crippen molar-refractivity contribution in [1.29, 1.82) is 0 Å². The predicted molar refractivity (Wildman–Crippen MR) is 93.7 cm³/mol. The molecule has 0 saturated heterocycles. The molecule has 1 aliphatic heterocycles. The highest BCUT2D eigenvalue weighted by Gasteiger charge is 2.25. The van der Waals surface area contributed by atoms with Crippen LogP contribution in [0.15, 0.2) is 55.0 Å². The monoisotopic (exact) mass is 347 g/mol. The largest absolute Gasteiger partial charge is 0.338 e. The Labute approximate surface area is 146 Å². The van der Waals surface area contributed by atoms with Crippen molar-refractivity contribution in [2.24, 2.45) is 0 Å². The average molecular weight is 347 g/mol. The molecule has 0 spiro atoms. The van der Waals surface area contributed by atoms with Crippen LogP contribution < -0.4 is 5.32 Å². The van der Waals surface area contributed by atoms with E-state index in [-0.39, 0.29) is 11.4 Å². The lowest BCUT2D eigenvalue weighted by molar-refractivity contribution is 0.510. The van der Waals surface area contributed by atoms with Gasteiger partial charge in [-0.1, -0.05) is 6.07 Å². The maximum Gasteiger partial charge on any atom is 0.169 e. The maximum atomic E-state index is 14.3. The zero-order valence-corrected chi connectivity index (χ0v) is 13.3. The minimum absolute atomic E-state index is 0.0760. The van der Waals surface area contributed by atoms with Crippen LogP contribution in [0.25, 0.3) is 33.9 Å². The SMILES string of the molecule is Fc1cccc(-c2nc3c([nH]2)-c2ccncc2Nc2ncccc2-3)c1F. The fourth-order valence-corrected chi connectivity index (χ4v) is 3.11. The zero-order chi connectivity index (χ0) is 17.7. The van der Waals surface area contributed by atoms with Gasteiger partial charge in [0.25, 0.3) is 0 Å². The van der Waals surface area contributed by atoms with Crippen molar-refractivity contribution in [1.82, 2.24) is 19.9 Å². The van der Waals surface area contributed by atoms with E-state index in [1.165, 1.54) is 12.1 Å². The molecule has 0 radical (unpaired) electrons. The molecule has 126 valence electrons. The number of anilines is 2. The fourth-order valence-electron chi connectivity index (χ4n) is 3.11. The molecule has 5 nitrogen and oxygen atoms in total. The maximum absolute atomic E-state index is 14.3. The van der Waals surface area contributed by atoms with Gasteiger partial charge in [-0.15, -0.1) is 0 Å². The van der Waals surface area contributed by atoms with Crippen molar-refractivity contribution < 1.29 is 8.78 Å². The molecule has 4 heterocycles. The number of hydrogen-bond donors (Lipinski definition) is 2. The molecule has 1 aromatic carbocycles. The summed E-state index contributed by atoms with van der Waals surface area (Å²) >= 11 is 0. The smallest absolute Gasteiger partial charge is 0.169 e. The third-order valence-electron chi connectivity index (χ3n) is 4.32. The highest BCUT2D eigenvalue weighted by molar-refractivity contribution is 5.95. The Morgan fingerprint density at radius 1 is 0.885 bits per heavy atom. The number of rotatable bonds is 1. The molecule has 1 aliphatic rings. The van der Waals surface area contributed by atoms with Gasteiger partial charge in [-0.2, -0.15) is 0 Å². The minimum Gasteiger partial charge on any atom is -0.338 e. The molecule has 4 aromatic rings. The van der Waals surface area contributed by atoms with Crippen molar-refractivity contribution in [3.8, 4) is 33.9 Å². The molecule has 0 bridgehead atoms. The molecule has 0 unspecified atom stereocenters. The summed E-state index contributed by atoms with van der Waals surface area (Å²) in [5.74, 6) is -0.969. The molecular formula is C19H11F2N5. The lowest BCUT2D eigenvalue weighted by Crippen LogP contribution is -1.96. The van der Waals surface area contributed by atoms with Crippen LogP contribution in [0.1, 0.15) is 0 Å². The van der Waals surface area contributed by atoms with E-state index < -0.39 is 11.6 Å². The Hall–Kier alpha value is -3.61. The highest BCUT2D eigenvalue weighted by atomic mass is 19.2. The van der Waals surface area contributed by atoms with Crippen molar-refractivity contribution in [3.05, 3.63) is 66.6 Å². The van der Waals surface area contributed by atoms with Gasteiger partial charge < -0.3 is 10.3 Å². The molecule has 7 heteroatoms. The summed E-state index contributed by atoms with van der Waals surface area (Å²) in [4.78, 5) is 16.2. The van der Waals surface area contributed by atoms with Crippen LogP contribution in [0, 0.1) is 11.6 Å². The highest BCUT2D eigenvalue weighted by Crippen LogP contribution is 2.42. The van der Waals surface area contributed by atoms with Gasteiger partial charge in [0.2, 0.25) is 0 Å². The molecular weight excluding hydrogens is 336 g/mol. The van der Waals surface area contributed by atoms with E-state index in [2.05, 4.69) is 25.3 Å². The summed E-state index contributed by atoms with van der Waals surface area (Å²) < 4.78 is 27.9. The number of nitrogens with one attached hydrogen (secondary N) is 2. The second kappa shape index (κ2) is 5.45. The van der Waals surface area contributed by atoms with Crippen LogP contribution >= 0.6 is 0 Å². The molecule has 2 N–H and O–H groups in total. The second-order valence-corrected chi connectivity index (χ2v) is 5.86. The first-order valence-electron chi connectivity index (χ1n) is 7.93. The summed E-state index contributed by atoms with van der Waals surface area (Å²) in [7, 11) is 0. The Bertz CT molecular complexity index is 1090. The van der Waals surface area contributed by atoms with Crippen molar-refractivity contribution in [3.63, 3.8) is 0 Å². The predicted octanol–water partition coefficient (Wildman–Crippen LogP) is 4.54. The van der Waals surface area contributed by atoms with Crippen LogP contribution in [0.3, 0.4) is 0 Å². The molecule has 26 heavy (non-hydrogen) atoms. The number of nitrogens with zero attached hydrogens (tertiary/aromatic N) is 3. The first-order chi connectivity index (χ1) is 12.7. The third-order valence-corrected chi connectivity index (χ3v) is 4.32. The number of aromatic nitrogens is 4. The number of fused-ring (bicyclic) bond motifs is 5. The quantitative estimate of drug-likeness (QED) is 0.467. The van der Waals surface area contributed by atoms with E-state index in [1.54, 1.807) is 24.7 Å². The molecule has 0 saturated carbocycles. The number of imidazole rings is 1. The standard InChI is InChI=1S/C19H11F2N5/c20-13-5-1-3-11(15(13)21)19-25-16-10-6-8-22-9-14(10)24-18-12(17(16)26-19)4-2-7-23-18/h1-9H,(H,23,24)(H,25,26). The molecule has 0 amide bonds. The van der Waals surface area contributed by atoms with E-state index in [1.807, 2.05) is 12.1 Å². The van der Waals surface area contributed by atoms with Gasteiger partial charge in [0.05, 0.1) is 23.1 Å². The second-order valence-electron chi connectivity index (χ2n) is 5.86. The Kier molecular flexibility index (Phi) is 3.08. The summed E-state index contributed by atoms with van der Waals surface area (Å²) in [6.07, 6.45) is 5.02. The lowest BCUT2D eigenvalue weighted by Gasteiger charge is -2.08. The normalized spacial score (nSPS) is 11.8. The van der Waals surface area contributed by atoms with Gasteiger partial charge in [0, 0.05) is 23.5 Å². The molecule has 0 fully saturated rings. The third kappa shape index (κ3) is 2.10. The van der Waals surface area contributed by atoms with Crippen molar-refractivity contribution in [2.45, 2.75) is 0 Å². The minimum atomic E-state index is -0.934. The van der Waals surface area contributed by atoms with Crippen LogP contribution in [-0.2, 0) is 0 Å². The molecule has 3 aromatic heterocycles. The van der Waals surface area contributed by atoms with Gasteiger partial charge in [0.1, 0.15) is 17.3 Å². The topological polar surface area (TPSA) is 66.5 Å². The number of hydrogen-bond acceptors (Lipinski definition) is 4. The molecule has 0 atom stereocenters. The van der Waals surface area contributed by atoms with E-state index in [9.17, 15) is 8.78 Å². The zero-order valence-electron chi connectivity index (χ0n) is 13.3. The van der Waals surface area contributed by atoms with Gasteiger partial charge in [-0.3, -0.25) is 4.98 Å². The van der Waals surface area contributed by atoms with Crippen LogP contribution in [0.5, 0.6) is 0 Å². The summed E-state index contributed by atoms with van der Waals surface area (Å²) in [5.41, 5.74) is 3.72. The van der Waals surface area contributed by atoms with E-state index in [4.69, 9.17) is 0 Å². The summed E-state index contributed by atoms with van der Waals surface area (Å²) in [5, 5.41) is 3.25. The summed E-state index contributed by atoms with van der Waals surface area (Å²) in [6.45, 7) is 0. The molecule has 0 aliphatic carbocycles. The molecule has 5 rings (SSSR count). The first kappa shape index (κ1) is 14.7. The van der Waals surface area contributed by atoms with Crippen LogP contribution in [-0.4, -0.2) is 19.9 Å². The van der Waals surface area contributed by atoms with E-state index in [0.717, 1.165) is 22.9 Å². The number of pyridine rings is 2. The number of H-pyrrole nitrogens is 1. The van der Waals surface area contributed by atoms with Gasteiger partial charge >= 0.3 is 0 Å². The number of aromatic amines is 1.